The zero-order valence-corrected chi connectivity index (χ0v) is 13.0. The lowest BCUT2D eigenvalue weighted by atomic mass is 10.1. The molecule has 0 aliphatic heterocycles. The van der Waals surface area contributed by atoms with Crippen LogP contribution in [0.5, 0.6) is 5.75 Å². The third kappa shape index (κ3) is 5.01. The van der Waals surface area contributed by atoms with Gasteiger partial charge < -0.3 is 9.47 Å². The number of rotatable bonds is 7. The lowest BCUT2D eigenvalue weighted by Gasteiger charge is -2.13. The molecule has 1 aromatic carbocycles. The van der Waals surface area contributed by atoms with Gasteiger partial charge in [0.15, 0.2) is 0 Å². The zero-order valence-electron chi connectivity index (χ0n) is 11.4. The Morgan fingerprint density at radius 1 is 1.21 bits per heavy atom. The summed E-state index contributed by atoms with van der Waals surface area (Å²) < 4.78 is 33.9. The molecule has 0 aromatic heterocycles. The fourth-order valence-electron chi connectivity index (χ4n) is 1.76. The molecule has 0 radical (unpaired) electrons. The van der Waals surface area contributed by atoms with Crippen molar-refractivity contribution in [1.29, 1.82) is 0 Å². The molecular weight excluding hydrogens is 288 g/mol. The summed E-state index contributed by atoms with van der Waals surface area (Å²) in [6, 6.07) is 3.39. The molecule has 1 aromatic rings. The second-order valence-electron chi connectivity index (χ2n) is 4.25. The van der Waals surface area contributed by atoms with Crippen LogP contribution >= 0.6 is 10.7 Å². The maximum absolute atomic E-state index is 11.6. The maximum atomic E-state index is 11.6. The standard InChI is InChI=1S/C13H19ClO4S/c1-4-17-6-5-7-18-13-11(3)8-10(2)9-12(13)19(14,15)16/h8-9H,4-7H2,1-3H3. The lowest BCUT2D eigenvalue weighted by molar-refractivity contribution is 0.130. The summed E-state index contributed by atoms with van der Waals surface area (Å²) in [5.74, 6) is 0.331. The molecule has 1 rings (SSSR count). The van der Waals surface area contributed by atoms with E-state index in [2.05, 4.69) is 0 Å². The Balaban J connectivity index is 2.87. The average molecular weight is 307 g/mol. The topological polar surface area (TPSA) is 52.6 Å². The van der Waals surface area contributed by atoms with E-state index in [4.69, 9.17) is 20.2 Å². The van der Waals surface area contributed by atoms with Crippen LogP contribution in [0, 0.1) is 13.8 Å². The van der Waals surface area contributed by atoms with Crippen molar-refractivity contribution < 1.29 is 17.9 Å². The van der Waals surface area contributed by atoms with Gasteiger partial charge in [0.05, 0.1) is 6.61 Å². The molecule has 0 spiro atoms. The van der Waals surface area contributed by atoms with Crippen LogP contribution < -0.4 is 4.74 Å². The molecule has 4 nitrogen and oxygen atoms in total. The van der Waals surface area contributed by atoms with Crippen LogP contribution in [0.1, 0.15) is 24.5 Å². The van der Waals surface area contributed by atoms with Gasteiger partial charge in [-0.05, 0) is 38.0 Å². The number of aryl methyl sites for hydroxylation is 2. The van der Waals surface area contributed by atoms with E-state index in [9.17, 15) is 8.42 Å². The quantitative estimate of drug-likeness (QED) is 0.574. The number of hydrogen-bond donors (Lipinski definition) is 0. The maximum Gasteiger partial charge on any atom is 0.265 e. The normalized spacial score (nSPS) is 11.6. The Morgan fingerprint density at radius 2 is 1.89 bits per heavy atom. The molecule has 19 heavy (non-hydrogen) atoms. The molecule has 6 heteroatoms. The molecule has 0 atom stereocenters. The van der Waals surface area contributed by atoms with E-state index in [1.54, 1.807) is 6.92 Å². The summed E-state index contributed by atoms with van der Waals surface area (Å²) in [5.41, 5.74) is 1.59. The summed E-state index contributed by atoms with van der Waals surface area (Å²) in [5, 5.41) is 0. The summed E-state index contributed by atoms with van der Waals surface area (Å²) in [6.45, 7) is 7.18. The fourth-order valence-corrected chi connectivity index (χ4v) is 2.87. The number of hydrogen-bond acceptors (Lipinski definition) is 4. The highest BCUT2D eigenvalue weighted by Crippen LogP contribution is 2.31. The van der Waals surface area contributed by atoms with Crippen LogP contribution in [-0.2, 0) is 13.8 Å². The zero-order chi connectivity index (χ0) is 14.5. The predicted octanol–water partition coefficient (Wildman–Crippen LogP) is 3.04. The van der Waals surface area contributed by atoms with Crippen molar-refractivity contribution in [3.8, 4) is 5.75 Å². The van der Waals surface area contributed by atoms with E-state index in [0.29, 0.717) is 32.0 Å². The molecule has 0 N–H and O–H groups in total. The Labute approximate surface area is 119 Å². The molecule has 0 amide bonds. The SMILES string of the molecule is CCOCCCOc1c(C)cc(C)cc1S(=O)(=O)Cl. The summed E-state index contributed by atoms with van der Waals surface area (Å²) >= 11 is 0. The van der Waals surface area contributed by atoms with E-state index in [-0.39, 0.29) is 4.90 Å². The third-order valence-electron chi connectivity index (χ3n) is 2.53. The highest BCUT2D eigenvalue weighted by Gasteiger charge is 2.19. The Kier molecular flexibility index (Phi) is 6.10. The van der Waals surface area contributed by atoms with E-state index >= 15 is 0 Å². The molecule has 0 unspecified atom stereocenters. The minimum absolute atomic E-state index is 0.0306. The van der Waals surface area contributed by atoms with Crippen molar-refractivity contribution in [1.82, 2.24) is 0 Å². The smallest absolute Gasteiger partial charge is 0.265 e. The van der Waals surface area contributed by atoms with Gasteiger partial charge in [0.2, 0.25) is 0 Å². The molecule has 0 aliphatic carbocycles. The van der Waals surface area contributed by atoms with Gasteiger partial charge in [-0.1, -0.05) is 6.07 Å². The van der Waals surface area contributed by atoms with Crippen molar-refractivity contribution in [2.24, 2.45) is 0 Å². The first-order valence-electron chi connectivity index (χ1n) is 6.12. The lowest BCUT2D eigenvalue weighted by Crippen LogP contribution is -2.07. The monoisotopic (exact) mass is 306 g/mol. The number of ether oxygens (including phenoxy) is 2. The first-order chi connectivity index (χ1) is 8.86. The largest absolute Gasteiger partial charge is 0.492 e. The second-order valence-corrected chi connectivity index (χ2v) is 6.78. The Bertz CT molecular complexity index is 526. The minimum Gasteiger partial charge on any atom is -0.492 e. The second kappa shape index (κ2) is 7.12. The van der Waals surface area contributed by atoms with Crippen molar-refractivity contribution >= 4 is 19.7 Å². The molecular formula is C13H19ClO4S. The number of halogens is 1. The first-order valence-corrected chi connectivity index (χ1v) is 8.43. The summed E-state index contributed by atoms with van der Waals surface area (Å²) in [7, 11) is 1.63. The molecule has 0 heterocycles. The van der Waals surface area contributed by atoms with Crippen LogP contribution in [0.2, 0.25) is 0 Å². The minimum atomic E-state index is -3.81. The van der Waals surface area contributed by atoms with E-state index in [0.717, 1.165) is 11.1 Å². The van der Waals surface area contributed by atoms with E-state index < -0.39 is 9.05 Å². The third-order valence-corrected chi connectivity index (χ3v) is 3.86. The average Bonchev–Trinajstić information content (AvgIpc) is 2.29. The van der Waals surface area contributed by atoms with E-state index in [1.165, 1.54) is 6.07 Å². The molecule has 0 fully saturated rings. The van der Waals surface area contributed by atoms with Gasteiger partial charge in [-0.2, -0.15) is 0 Å². The van der Waals surface area contributed by atoms with Gasteiger partial charge >= 0.3 is 0 Å². The molecule has 108 valence electrons. The van der Waals surface area contributed by atoms with Crippen LogP contribution in [-0.4, -0.2) is 28.2 Å². The first kappa shape index (κ1) is 16.3. The molecule has 0 aliphatic rings. The highest BCUT2D eigenvalue weighted by molar-refractivity contribution is 8.13. The van der Waals surface area contributed by atoms with Crippen molar-refractivity contribution in [3.63, 3.8) is 0 Å². The van der Waals surface area contributed by atoms with Crippen LogP contribution in [0.15, 0.2) is 17.0 Å². The Hall–Kier alpha value is -0.780. The van der Waals surface area contributed by atoms with Crippen LogP contribution in [0.4, 0.5) is 0 Å². The predicted molar refractivity (Wildman–Crippen MR) is 75.6 cm³/mol. The Morgan fingerprint density at radius 3 is 2.47 bits per heavy atom. The van der Waals surface area contributed by atoms with Crippen LogP contribution in [0.3, 0.4) is 0 Å². The van der Waals surface area contributed by atoms with Gasteiger partial charge in [0.1, 0.15) is 10.6 Å². The van der Waals surface area contributed by atoms with Crippen molar-refractivity contribution in [3.05, 3.63) is 23.3 Å². The van der Waals surface area contributed by atoms with Gasteiger partial charge in [0.25, 0.3) is 9.05 Å². The molecule has 0 saturated carbocycles. The highest BCUT2D eigenvalue weighted by atomic mass is 35.7. The van der Waals surface area contributed by atoms with Crippen molar-refractivity contribution in [2.45, 2.75) is 32.1 Å². The van der Waals surface area contributed by atoms with Gasteiger partial charge in [-0.25, -0.2) is 8.42 Å². The molecule has 0 saturated heterocycles. The summed E-state index contributed by atoms with van der Waals surface area (Å²) in [6.07, 6.45) is 0.697. The van der Waals surface area contributed by atoms with Crippen molar-refractivity contribution in [2.75, 3.05) is 19.8 Å². The fraction of sp³-hybridized carbons (Fsp3) is 0.538. The summed E-state index contributed by atoms with van der Waals surface area (Å²) in [4.78, 5) is 0.0306. The van der Waals surface area contributed by atoms with Crippen LogP contribution in [0.25, 0.3) is 0 Å². The van der Waals surface area contributed by atoms with E-state index in [1.807, 2.05) is 19.9 Å². The van der Waals surface area contributed by atoms with Gasteiger partial charge in [-0.3, -0.25) is 0 Å². The van der Waals surface area contributed by atoms with Gasteiger partial charge in [0, 0.05) is 30.3 Å². The molecule has 0 bridgehead atoms. The number of benzene rings is 1. The van der Waals surface area contributed by atoms with Gasteiger partial charge in [-0.15, -0.1) is 0 Å².